The van der Waals surface area contributed by atoms with Gasteiger partial charge in [0.05, 0.1) is 6.61 Å². The van der Waals surface area contributed by atoms with Crippen molar-refractivity contribution < 1.29 is 4.43 Å². The molecule has 2 heteroatoms. The minimum atomic E-state index is -0.154. The molecule has 0 aliphatic rings. The van der Waals surface area contributed by atoms with Gasteiger partial charge in [0.1, 0.15) is 0 Å². The lowest BCUT2D eigenvalue weighted by Gasteiger charge is -1.96. The second-order valence-corrected chi connectivity index (χ2v) is 3.57. The van der Waals surface area contributed by atoms with Crippen molar-refractivity contribution >= 4 is 9.76 Å². The van der Waals surface area contributed by atoms with Gasteiger partial charge < -0.3 is 4.43 Å². The normalized spacial score (nSPS) is 11.2. The molecule has 0 unspecified atom stereocenters. The summed E-state index contributed by atoms with van der Waals surface area (Å²) in [6.45, 7) is 6.29. The Labute approximate surface area is 54.4 Å². The van der Waals surface area contributed by atoms with Crippen LogP contribution < -0.4 is 0 Å². The van der Waals surface area contributed by atoms with Crippen LogP contribution in [-0.2, 0) is 4.43 Å². The average molecular weight is 131 g/mol. The number of hydrogen-bond donors (Lipinski definition) is 0. The molecule has 0 rings (SSSR count). The van der Waals surface area contributed by atoms with Crippen LogP contribution in [0.15, 0.2) is 0 Å². The summed E-state index contributed by atoms with van der Waals surface area (Å²) >= 11 is 0. The Morgan fingerprint density at radius 2 is 2.25 bits per heavy atom. The van der Waals surface area contributed by atoms with Gasteiger partial charge in [-0.05, 0) is 12.5 Å². The monoisotopic (exact) mass is 131 g/mol. The Balaban J connectivity index is 2.53. The molecule has 0 aliphatic carbocycles. The van der Waals surface area contributed by atoms with Gasteiger partial charge in [-0.3, -0.25) is 0 Å². The third kappa shape index (κ3) is 6.18. The van der Waals surface area contributed by atoms with Crippen molar-refractivity contribution in [3.05, 3.63) is 6.61 Å². The van der Waals surface area contributed by atoms with Crippen LogP contribution in [0.25, 0.3) is 0 Å². The summed E-state index contributed by atoms with van der Waals surface area (Å²) in [4.78, 5) is 0. The molecule has 1 radical (unpaired) electrons. The van der Waals surface area contributed by atoms with E-state index < -0.39 is 0 Å². The fraction of sp³-hybridized carbons (Fsp3) is 0.833. The maximum absolute atomic E-state index is 5.24. The molecule has 0 fully saturated rings. The quantitative estimate of drug-likeness (QED) is 0.406. The summed E-state index contributed by atoms with van der Waals surface area (Å²) in [6.07, 6.45) is 2.32. The lowest BCUT2D eigenvalue weighted by molar-refractivity contribution is 0.412. The molecule has 0 aromatic heterocycles. The number of rotatable bonds is 5. The third-order valence-corrected chi connectivity index (χ3v) is 1.73. The molecule has 0 aliphatic heterocycles. The molecule has 1 nitrogen and oxygen atoms in total. The lowest BCUT2D eigenvalue weighted by atomic mass is 10.4. The molecule has 0 N–H and O–H groups in total. The van der Waals surface area contributed by atoms with Gasteiger partial charge >= 0.3 is 0 Å². The predicted octanol–water partition coefficient (Wildman–Crippen LogP) is 1.49. The summed E-state index contributed by atoms with van der Waals surface area (Å²) in [7, 11) is -0.154. The van der Waals surface area contributed by atoms with E-state index in [1.807, 2.05) is 6.61 Å². The standard InChI is InChI=1S/C6H15OSi/c1-3-5-6-7-8-4-2/h6H,3-5,8H2,1-2H3. The zero-order valence-corrected chi connectivity index (χ0v) is 7.23. The molecule has 0 aromatic carbocycles. The first-order chi connectivity index (χ1) is 3.91. The molecule has 0 saturated heterocycles. The van der Waals surface area contributed by atoms with E-state index in [1.165, 1.54) is 12.5 Å². The van der Waals surface area contributed by atoms with E-state index in [9.17, 15) is 0 Å². The van der Waals surface area contributed by atoms with Crippen LogP contribution >= 0.6 is 0 Å². The molecule has 0 bridgehead atoms. The third-order valence-electron chi connectivity index (χ3n) is 0.846. The van der Waals surface area contributed by atoms with Crippen molar-refractivity contribution in [3.63, 3.8) is 0 Å². The van der Waals surface area contributed by atoms with E-state index in [4.69, 9.17) is 4.43 Å². The Bertz CT molecular complexity index is 33.5. The second-order valence-electron chi connectivity index (χ2n) is 1.83. The van der Waals surface area contributed by atoms with Crippen molar-refractivity contribution in [2.24, 2.45) is 0 Å². The van der Waals surface area contributed by atoms with Crippen LogP contribution in [0.4, 0.5) is 0 Å². The summed E-state index contributed by atoms with van der Waals surface area (Å²) in [5.74, 6) is 0. The smallest absolute Gasteiger partial charge is 0.161 e. The Morgan fingerprint density at radius 1 is 1.50 bits per heavy atom. The average Bonchev–Trinajstić information content (AvgIpc) is 1.81. The molecule has 49 valence electrons. The maximum Gasteiger partial charge on any atom is 0.161 e. The zero-order valence-electron chi connectivity index (χ0n) is 5.81. The second kappa shape index (κ2) is 7.18. The molecule has 0 aromatic rings. The van der Waals surface area contributed by atoms with Crippen LogP contribution in [0.1, 0.15) is 26.7 Å². The van der Waals surface area contributed by atoms with Gasteiger partial charge in [0, 0.05) is 0 Å². The topological polar surface area (TPSA) is 9.23 Å². The first-order valence-electron chi connectivity index (χ1n) is 3.35. The fourth-order valence-electron chi connectivity index (χ4n) is 0.402. The van der Waals surface area contributed by atoms with Gasteiger partial charge in [0.15, 0.2) is 9.76 Å². The Morgan fingerprint density at radius 3 is 2.75 bits per heavy atom. The molecule has 0 spiro atoms. The largest absolute Gasteiger partial charge is 0.419 e. The fourth-order valence-corrected chi connectivity index (χ4v) is 0.971. The maximum atomic E-state index is 5.24. The van der Waals surface area contributed by atoms with Crippen molar-refractivity contribution in [2.75, 3.05) is 0 Å². The SMILES string of the molecule is CCC[CH]O[SiH2]CC. The highest BCUT2D eigenvalue weighted by atomic mass is 28.2. The van der Waals surface area contributed by atoms with E-state index in [0.717, 1.165) is 6.42 Å². The molecular weight excluding hydrogens is 116 g/mol. The molecule has 0 heterocycles. The minimum Gasteiger partial charge on any atom is -0.419 e. The number of hydrogen-bond acceptors (Lipinski definition) is 1. The summed E-state index contributed by atoms with van der Waals surface area (Å²) in [5.41, 5.74) is 0. The van der Waals surface area contributed by atoms with Gasteiger partial charge in [-0.15, -0.1) is 0 Å². The summed E-state index contributed by atoms with van der Waals surface area (Å²) < 4.78 is 5.24. The highest BCUT2D eigenvalue weighted by molar-refractivity contribution is 6.26. The van der Waals surface area contributed by atoms with Gasteiger partial charge in [-0.2, -0.15) is 0 Å². The van der Waals surface area contributed by atoms with Crippen LogP contribution in [0, 0.1) is 6.61 Å². The van der Waals surface area contributed by atoms with Crippen molar-refractivity contribution in [3.8, 4) is 0 Å². The van der Waals surface area contributed by atoms with Crippen LogP contribution in [-0.4, -0.2) is 9.76 Å². The summed E-state index contributed by atoms with van der Waals surface area (Å²) in [5, 5.41) is 0. The first kappa shape index (κ1) is 8.18. The van der Waals surface area contributed by atoms with Gasteiger partial charge in [0.2, 0.25) is 0 Å². The van der Waals surface area contributed by atoms with Gasteiger partial charge in [0.25, 0.3) is 0 Å². The highest BCUT2D eigenvalue weighted by Gasteiger charge is 1.83. The Hall–Kier alpha value is 0.177. The molecule has 0 atom stereocenters. The molecule has 0 saturated carbocycles. The van der Waals surface area contributed by atoms with Crippen LogP contribution in [0.3, 0.4) is 0 Å². The van der Waals surface area contributed by atoms with E-state index in [-0.39, 0.29) is 9.76 Å². The minimum absolute atomic E-state index is 0.154. The van der Waals surface area contributed by atoms with Crippen LogP contribution in [0.5, 0.6) is 0 Å². The molecule has 8 heavy (non-hydrogen) atoms. The van der Waals surface area contributed by atoms with E-state index in [2.05, 4.69) is 13.8 Å². The van der Waals surface area contributed by atoms with Crippen LogP contribution in [0.2, 0.25) is 6.04 Å². The van der Waals surface area contributed by atoms with Crippen molar-refractivity contribution in [1.82, 2.24) is 0 Å². The van der Waals surface area contributed by atoms with Crippen molar-refractivity contribution in [2.45, 2.75) is 32.7 Å². The predicted molar refractivity (Wildman–Crippen MR) is 39.3 cm³/mol. The van der Waals surface area contributed by atoms with E-state index >= 15 is 0 Å². The summed E-state index contributed by atoms with van der Waals surface area (Å²) in [6, 6.07) is 1.25. The highest BCUT2D eigenvalue weighted by Crippen LogP contribution is 1.92. The lowest BCUT2D eigenvalue weighted by Crippen LogP contribution is -1.92. The van der Waals surface area contributed by atoms with Crippen molar-refractivity contribution in [1.29, 1.82) is 0 Å². The first-order valence-corrected chi connectivity index (χ1v) is 4.92. The molecular formula is C6H15OSi. The zero-order chi connectivity index (χ0) is 6.24. The van der Waals surface area contributed by atoms with Gasteiger partial charge in [-0.25, -0.2) is 0 Å². The van der Waals surface area contributed by atoms with E-state index in [1.54, 1.807) is 0 Å². The Kier molecular flexibility index (Phi) is 7.34. The molecule has 0 amide bonds. The van der Waals surface area contributed by atoms with Gasteiger partial charge in [-0.1, -0.05) is 20.3 Å². The number of unbranched alkanes of at least 4 members (excludes halogenated alkanes) is 1. The van der Waals surface area contributed by atoms with E-state index in [0.29, 0.717) is 0 Å².